The summed E-state index contributed by atoms with van der Waals surface area (Å²) < 4.78 is 30.0. The Morgan fingerprint density at radius 3 is 2.14 bits per heavy atom. The van der Waals surface area contributed by atoms with Crippen LogP contribution in [0, 0.1) is 0 Å². The van der Waals surface area contributed by atoms with Gasteiger partial charge in [0, 0.05) is 36.4 Å². The van der Waals surface area contributed by atoms with Crippen LogP contribution in [0.4, 0.5) is 0 Å². The van der Waals surface area contributed by atoms with Crippen LogP contribution in [-0.4, -0.2) is 129 Å². The fraction of sp³-hybridized carbons (Fsp3) is 0.583. The Labute approximate surface area is 294 Å². The molecule has 0 bridgehead atoms. The fourth-order valence-corrected chi connectivity index (χ4v) is 8.03. The minimum absolute atomic E-state index is 0.00137. The van der Waals surface area contributed by atoms with Gasteiger partial charge in [-0.15, -0.1) is 0 Å². The van der Waals surface area contributed by atoms with Crippen LogP contribution in [0.3, 0.4) is 0 Å². The van der Waals surface area contributed by atoms with Gasteiger partial charge in [-0.25, -0.2) is 0 Å². The Balaban J connectivity index is 1.39. The highest BCUT2D eigenvalue weighted by Gasteiger charge is 2.53. The van der Waals surface area contributed by atoms with Gasteiger partial charge in [-0.3, -0.25) is 14.4 Å². The predicted octanol–water partition coefficient (Wildman–Crippen LogP) is 1.74. The van der Waals surface area contributed by atoms with Crippen molar-refractivity contribution in [2.45, 2.75) is 113 Å². The number of ketones is 2. The molecule has 0 radical (unpaired) electrons. The molecule has 0 spiro atoms. The molecular weight excluding hydrogens is 670 g/mol. The highest BCUT2D eigenvalue weighted by atomic mass is 16.7. The van der Waals surface area contributed by atoms with Gasteiger partial charge in [0.1, 0.15) is 35.4 Å². The third-order valence-electron chi connectivity index (χ3n) is 10.8. The number of carbonyl (C=O) groups excluding carboxylic acids is 3. The van der Waals surface area contributed by atoms with E-state index in [0.717, 1.165) is 19.2 Å². The van der Waals surface area contributed by atoms with Crippen molar-refractivity contribution in [3.63, 3.8) is 0 Å². The van der Waals surface area contributed by atoms with Crippen LogP contribution in [0.1, 0.15) is 101 Å². The monoisotopic (exact) mass is 715 g/mol. The number of fused-ring (bicyclic) bond motifs is 3. The summed E-state index contributed by atoms with van der Waals surface area (Å²) in [5.74, 6) is -5.85. The van der Waals surface area contributed by atoms with Crippen molar-refractivity contribution in [3.8, 4) is 17.2 Å². The topological polar surface area (TPSA) is 222 Å². The molecule has 2 aliphatic heterocycles. The zero-order chi connectivity index (χ0) is 37.3. The molecule has 15 heteroatoms. The maximum absolute atomic E-state index is 13.9. The van der Waals surface area contributed by atoms with E-state index in [1.807, 2.05) is 19.0 Å². The Bertz CT molecular complexity index is 1720. The molecule has 6 rings (SSSR count). The summed E-state index contributed by atoms with van der Waals surface area (Å²) in [5.41, 5.74) is -3.53. The van der Waals surface area contributed by atoms with Crippen LogP contribution < -0.4 is 0 Å². The molecule has 2 aliphatic carbocycles. The number of hydrogen-bond donors (Lipinski definition) is 6. The second-order valence-corrected chi connectivity index (χ2v) is 14.1. The van der Waals surface area contributed by atoms with Gasteiger partial charge in [-0.05, 0) is 58.1 Å². The van der Waals surface area contributed by atoms with Crippen LogP contribution in [0.2, 0.25) is 0 Å². The molecule has 11 unspecified atom stereocenters. The van der Waals surface area contributed by atoms with E-state index in [0.29, 0.717) is 0 Å². The predicted molar refractivity (Wildman–Crippen MR) is 175 cm³/mol. The van der Waals surface area contributed by atoms with Crippen molar-refractivity contribution < 1.29 is 68.7 Å². The van der Waals surface area contributed by atoms with Gasteiger partial charge in [0.05, 0.1) is 53.8 Å². The SMILES string of the molecule is CCC1(O)CC(OC2CC(N(C)C)C(OC3CC(O)C(O)C(C)O3)C(C)O2)c2c(cc3c(c2O)C(=O)c2c(O)ccc(O)c2C3=O)C1C(=O)OC. The van der Waals surface area contributed by atoms with Crippen LogP contribution in [0.5, 0.6) is 17.2 Å². The number of likely N-dealkylation sites (N-methyl/N-ethyl adjacent to an activating group) is 1. The number of methoxy groups -OCH3 is 1. The zero-order valence-electron chi connectivity index (χ0n) is 29.2. The molecule has 11 atom stereocenters. The lowest BCUT2D eigenvalue weighted by molar-refractivity contribution is -0.310. The number of carbonyl (C=O) groups is 3. The number of aliphatic hydroxyl groups excluding tert-OH is 2. The van der Waals surface area contributed by atoms with Crippen molar-refractivity contribution in [2.75, 3.05) is 21.2 Å². The largest absolute Gasteiger partial charge is 0.507 e. The Kier molecular flexibility index (Phi) is 9.97. The van der Waals surface area contributed by atoms with Crippen molar-refractivity contribution in [2.24, 2.45) is 0 Å². The highest BCUT2D eigenvalue weighted by Crippen LogP contribution is 2.54. The molecule has 2 heterocycles. The average Bonchev–Trinajstić information content (AvgIpc) is 3.07. The smallest absolute Gasteiger partial charge is 0.316 e. The summed E-state index contributed by atoms with van der Waals surface area (Å²) in [7, 11) is 4.83. The summed E-state index contributed by atoms with van der Waals surface area (Å²) in [4.78, 5) is 42.9. The summed E-state index contributed by atoms with van der Waals surface area (Å²) >= 11 is 0. The molecule has 51 heavy (non-hydrogen) atoms. The van der Waals surface area contributed by atoms with Gasteiger partial charge >= 0.3 is 5.97 Å². The molecule has 0 saturated carbocycles. The van der Waals surface area contributed by atoms with Crippen molar-refractivity contribution in [1.82, 2.24) is 4.90 Å². The van der Waals surface area contributed by atoms with Gasteiger partial charge in [0.15, 0.2) is 18.4 Å². The lowest BCUT2D eigenvalue weighted by Gasteiger charge is -2.48. The third kappa shape index (κ3) is 6.18. The first-order valence-electron chi connectivity index (χ1n) is 17.0. The molecule has 278 valence electrons. The molecule has 0 aromatic heterocycles. The van der Waals surface area contributed by atoms with E-state index in [2.05, 4.69) is 0 Å². The quantitative estimate of drug-likeness (QED) is 0.152. The maximum Gasteiger partial charge on any atom is 0.316 e. The van der Waals surface area contributed by atoms with E-state index in [4.69, 9.17) is 23.7 Å². The first-order chi connectivity index (χ1) is 24.0. The van der Waals surface area contributed by atoms with E-state index in [1.165, 1.54) is 6.07 Å². The van der Waals surface area contributed by atoms with Crippen LogP contribution in [-0.2, 0) is 28.5 Å². The van der Waals surface area contributed by atoms with Crippen LogP contribution in [0.15, 0.2) is 18.2 Å². The lowest BCUT2D eigenvalue weighted by atomic mass is 9.67. The number of rotatable bonds is 7. The number of esters is 1. The number of nitrogens with zero attached hydrogens (tertiary/aromatic N) is 1. The number of aliphatic hydroxyl groups is 3. The van der Waals surface area contributed by atoms with E-state index in [9.17, 15) is 45.0 Å². The lowest BCUT2D eigenvalue weighted by Crippen LogP contribution is -2.57. The summed E-state index contributed by atoms with van der Waals surface area (Å²) in [6, 6.07) is 3.04. The van der Waals surface area contributed by atoms with Gasteiger partial charge in [-0.1, -0.05) is 6.92 Å². The Morgan fingerprint density at radius 2 is 1.55 bits per heavy atom. The van der Waals surface area contributed by atoms with Gasteiger partial charge in [0.2, 0.25) is 5.78 Å². The van der Waals surface area contributed by atoms with E-state index >= 15 is 0 Å². The van der Waals surface area contributed by atoms with E-state index in [-0.39, 0.29) is 48.4 Å². The molecule has 6 N–H and O–H groups in total. The zero-order valence-corrected chi connectivity index (χ0v) is 29.2. The number of ether oxygens (including phenoxy) is 5. The second-order valence-electron chi connectivity index (χ2n) is 14.1. The Hall–Kier alpha value is -3.67. The normalized spacial score (nSPS) is 34.9. The molecule has 2 aromatic carbocycles. The van der Waals surface area contributed by atoms with Crippen molar-refractivity contribution >= 4 is 17.5 Å². The molecule has 2 aromatic rings. The van der Waals surface area contributed by atoms with E-state index < -0.39 is 112 Å². The maximum atomic E-state index is 13.9. The molecule has 0 amide bonds. The van der Waals surface area contributed by atoms with Gasteiger partial charge < -0.3 is 59.2 Å². The van der Waals surface area contributed by atoms with Crippen LogP contribution in [0.25, 0.3) is 0 Å². The molecule has 2 saturated heterocycles. The first-order valence-corrected chi connectivity index (χ1v) is 17.0. The molecular formula is C36H45NO14. The summed E-state index contributed by atoms with van der Waals surface area (Å²) in [6.45, 7) is 5.08. The fourth-order valence-electron chi connectivity index (χ4n) is 8.03. The van der Waals surface area contributed by atoms with Gasteiger partial charge in [0.25, 0.3) is 0 Å². The van der Waals surface area contributed by atoms with Crippen molar-refractivity contribution in [3.05, 3.63) is 51.6 Å². The van der Waals surface area contributed by atoms with Crippen LogP contribution >= 0.6 is 0 Å². The standard InChI is InChI=1S/C36H45NO14/c1-7-36(46)13-22(50-23-11-18(37(4)5)34(15(3)49-23)51-24-12-21(40)30(41)14(2)48-24)25-16(29(36)35(45)47-6)10-17-26(32(25)43)33(44)28-20(39)9-8-19(38)27(28)31(17)42/h8-10,14-15,18,21-24,29-30,34,38-41,43,46H,7,11-13H2,1-6H3. The summed E-state index contributed by atoms with van der Waals surface area (Å²) in [6.07, 6.45) is -6.80. The number of phenols is 3. The Morgan fingerprint density at radius 1 is 0.941 bits per heavy atom. The molecule has 2 fully saturated rings. The molecule has 15 nitrogen and oxygen atoms in total. The second kappa shape index (κ2) is 13.7. The number of aromatic hydroxyl groups is 3. The summed E-state index contributed by atoms with van der Waals surface area (Å²) in [5, 5.41) is 65.4. The number of phenolic OH excluding ortho intramolecular Hbond substituents is 3. The van der Waals surface area contributed by atoms with Crippen molar-refractivity contribution in [1.29, 1.82) is 0 Å². The molecule has 4 aliphatic rings. The third-order valence-corrected chi connectivity index (χ3v) is 10.8. The van der Waals surface area contributed by atoms with Gasteiger partial charge in [-0.2, -0.15) is 0 Å². The first kappa shape index (κ1) is 37.1. The highest BCUT2D eigenvalue weighted by molar-refractivity contribution is 6.31. The van der Waals surface area contributed by atoms with E-state index in [1.54, 1.807) is 20.8 Å². The average molecular weight is 716 g/mol. The number of hydrogen-bond acceptors (Lipinski definition) is 15. The minimum atomic E-state index is -1.79. The number of benzene rings is 2. The minimum Gasteiger partial charge on any atom is -0.507 e.